The third-order valence-corrected chi connectivity index (χ3v) is 5.02. The van der Waals surface area contributed by atoms with E-state index in [2.05, 4.69) is 13.0 Å². The molecule has 0 aliphatic carbocycles. The van der Waals surface area contributed by atoms with Gasteiger partial charge in [-0.15, -0.1) is 11.8 Å². The van der Waals surface area contributed by atoms with E-state index in [4.69, 9.17) is 4.74 Å². The number of fused-ring (bicyclic) bond motifs is 1. The van der Waals surface area contributed by atoms with Gasteiger partial charge in [0.15, 0.2) is 6.10 Å². The van der Waals surface area contributed by atoms with Crippen molar-refractivity contribution in [3.05, 3.63) is 58.7 Å². The molecule has 1 atom stereocenters. The molecule has 1 unspecified atom stereocenters. The van der Waals surface area contributed by atoms with E-state index in [0.29, 0.717) is 5.75 Å². The molecule has 2 aromatic carbocycles. The van der Waals surface area contributed by atoms with Crippen molar-refractivity contribution in [2.24, 2.45) is 0 Å². The van der Waals surface area contributed by atoms with Crippen LogP contribution in [0.5, 0.6) is 5.75 Å². The Morgan fingerprint density at radius 1 is 1.10 bits per heavy atom. The molecule has 3 rings (SSSR count). The van der Waals surface area contributed by atoms with Crippen molar-refractivity contribution in [3.8, 4) is 5.75 Å². The third kappa shape index (κ3) is 2.70. The Kier molecular flexibility index (Phi) is 3.77. The van der Waals surface area contributed by atoms with Gasteiger partial charge >= 0.3 is 0 Å². The van der Waals surface area contributed by atoms with Crippen LogP contribution in [0.2, 0.25) is 0 Å². The predicted molar refractivity (Wildman–Crippen MR) is 86.6 cm³/mol. The zero-order valence-electron chi connectivity index (χ0n) is 12.5. The number of ether oxygens (including phenoxy) is 1. The van der Waals surface area contributed by atoms with Crippen molar-refractivity contribution in [1.29, 1.82) is 0 Å². The summed E-state index contributed by atoms with van der Waals surface area (Å²) in [5, 5.41) is 0. The molecule has 1 heterocycles. The number of ketones is 1. The second-order valence-electron chi connectivity index (χ2n) is 5.48. The fourth-order valence-electron chi connectivity index (χ4n) is 2.55. The maximum absolute atomic E-state index is 12.8. The van der Waals surface area contributed by atoms with E-state index in [1.54, 1.807) is 11.8 Å². The summed E-state index contributed by atoms with van der Waals surface area (Å²) >= 11 is 1.69. The molecule has 0 amide bonds. The Hall–Kier alpha value is -1.74. The average Bonchev–Trinajstić information content (AvgIpc) is 2.50. The molecule has 0 saturated heterocycles. The normalized spacial score (nSPS) is 17.0. The maximum atomic E-state index is 12.8. The van der Waals surface area contributed by atoms with Crippen molar-refractivity contribution in [3.63, 3.8) is 0 Å². The molecule has 0 spiro atoms. The molecule has 0 N–H and O–H groups in total. The summed E-state index contributed by atoms with van der Waals surface area (Å²) in [6, 6.07) is 11.9. The average molecular weight is 298 g/mol. The van der Waals surface area contributed by atoms with Gasteiger partial charge < -0.3 is 4.74 Å². The van der Waals surface area contributed by atoms with Crippen LogP contribution in [-0.4, -0.2) is 17.6 Å². The lowest BCUT2D eigenvalue weighted by atomic mass is 9.96. The highest BCUT2D eigenvalue weighted by molar-refractivity contribution is 7.99. The minimum absolute atomic E-state index is 0.0811. The Balaban J connectivity index is 1.89. The molecule has 2 aromatic rings. The first-order valence-corrected chi connectivity index (χ1v) is 8.05. The molecule has 0 aromatic heterocycles. The summed E-state index contributed by atoms with van der Waals surface area (Å²) in [7, 11) is 0. The van der Waals surface area contributed by atoms with Gasteiger partial charge in [0.25, 0.3) is 0 Å². The molecule has 1 aliphatic rings. The zero-order chi connectivity index (χ0) is 15.0. The van der Waals surface area contributed by atoms with Crippen molar-refractivity contribution >= 4 is 17.5 Å². The van der Waals surface area contributed by atoms with E-state index in [0.717, 1.165) is 27.3 Å². The fourth-order valence-corrected chi connectivity index (χ4v) is 3.53. The second-order valence-corrected chi connectivity index (χ2v) is 6.54. The number of hydrogen-bond donors (Lipinski definition) is 0. The SMILES string of the molecule is Cc1cc(C)c(C(=O)C2CSc3ccccc3O2)cc1C. The maximum Gasteiger partial charge on any atom is 0.204 e. The predicted octanol–water partition coefficient (Wildman–Crippen LogP) is 4.35. The standard InChI is InChI=1S/C18H18O2S/c1-11-8-13(3)14(9-12(11)2)18(19)16-10-21-17-7-5-4-6-15(17)20-16/h4-9,16H,10H2,1-3H3. The van der Waals surface area contributed by atoms with Crippen LogP contribution in [0.15, 0.2) is 41.3 Å². The molecule has 1 aliphatic heterocycles. The molecule has 0 bridgehead atoms. The van der Waals surface area contributed by atoms with E-state index in [1.807, 2.05) is 44.2 Å². The van der Waals surface area contributed by atoms with Crippen LogP contribution in [0.4, 0.5) is 0 Å². The van der Waals surface area contributed by atoms with Crippen LogP contribution in [0.3, 0.4) is 0 Å². The third-order valence-electron chi connectivity index (χ3n) is 3.91. The van der Waals surface area contributed by atoms with Gasteiger partial charge in [-0.2, -0.15) is 0 Å². The number of carbonyl (C=O) groups excluding carboxylic acids is 1. The summed E-state index contributed by atoms with van der Waals surface area (Å²) in [6.45, 7) is 6.10. The van der Waals surface area contributed by atoms with E-state index in [1.165, 1.54) is 5.56 Å². The number of benzene rings is 2. The Morgan fingerprint density at radius 3 is 2.62 bits per heavy atom. The number of para-hydroxylation sites is 1. The first-order chi connectivity index (χ1) is 10.1. The summed E-state index contributed by atoms with van der Waals surface area (Å²) in [5.74, 6) is 1.56. The van der Waals surface area contributed by atoms with Crippen molar-refractivity contribution in [1.82, 2.24) is 0 Å². The number of aryl methyl sites for hydroxylation is 3. The first-order valence-electron chi connectivity index (χ1n) is 7.07. The van der Waals surface area contributed by atoms with Crippen molar-refractivity contribution in [2.45, 2.75) is 31.8 Å². The largest absolute Gasteiger partial charge is 0.480 e. The lowest BCUT2D eigenvalue weighted by Crippen LogP contribution is -2.32. The van der Waals surface area contributed by atoms with E-state index >= 15 is 0 Å². The monoisotopic (exact) mass is 298 g/mol. The lowest BCUT2D eigenvalue weighted by Gasteiger charge is -2.25. The summed E-state index contributed by atoms with van der Waals surface area (Å²) < 4.78 is 5.90. The van der Waals surface area contributed by atoms with Crippen LogP contribution in [-0.2, 0) is 0 Å². The number of carbonyl (C=O) groups is 1. The Morgan fingerprint density at radius 2 is 1.81 bits per heavy atom. The fraction of sp³-hybridized carbons (Fsp3) is 0.278. The number of rotatable bonds is 2. The number of thioether (sulfide) groups is 1. The van der Waals surface area contributed by atoms with Gasteiger partial charge in [-0.1, -0.05) is 18.2 Å². The molecule has 0 saturated carbocycles. The highest BCUT2D eigenvalue weighted by atomic mass is 32.2. The highest BCUT2D eigenvalue weighted by Crippen LogP contribution is 2.36. The van der Waals surface area contributed by atoms with Crippen LogP contribution in [0.25, 0.3) is 0 Å². The molecule has 2 nitrogen and oxygen atoms in total. The minimum atomic E-state index is -0.397. The Labute approximate surface area is 129 Å². The molecular formula is C18H18O2S. The second kappa shape index (κ2) is 5.57. The minimum Gasteiger partial charge on any atom is -0.480 e. The molecule has 21 heavy (non-hydrogen) atoms. The van der Waals surface area contributed by atoms with Gasteiger partial charge in [-0.05, 0) is 55.7 Å². The first kappa shape index (κ1) is 14.2. The van der Waals surface area contributed by atoms with Gasteiger partial charge in [0, 0.05) is 16.2 Å². The highest BCUT2D eigenvalue weighted by Gasteiger charge is 2.28. The summed E-state index contributed by atoms with van der Waals surface area (Å²) in [5.41, 5.74) is 4.17. The van der Waals surface area contributed by atoms with Crippen molar-refractivity contribution < 1.29 is 9.53 Å². The van der Waals surface area contributed by atoms with Crippen LogP contribution in [0.1, 0.15) is 27.0 Å². The van der Waals surface area contributed by atoms with E-state index < -0.39 is 6.10 Å². The van der Waals surface area contributed by atoms with Gasteiger partial charge in [0.05, 0.1) is 0 Å². The van der Waals surface area contributed by atoms with Crippen molar-refractivity contribution in [2.75, 3.05) is 5.75 Å². The van der Waals surface area contributed by atoms with Crippen LogP contribution < -0.4 is 4.74 Å². The topological polar surface area (TPSA) is 26.3 Å². The van der Waals surface area contributed by atoms with Crippen LogP contribution in [0, 0.1) is 20.8 Å². The Bertz CT molecular complexity index is 706. The molecule has 108 valence electrons. The summed E-state index contributed by atoms with van der Waals surface area (Å²) in [4.78, 5) is 13.9. The van der Waals surface area contributed by atoms with Crippen LogP contribution >= 0.6 is 11.8 Å². The molecule has 0 radical (unpaired) electrons. The van der Waals surface area contributed by atoms with E-state index in [-0.39, 0.29) is 5.78 Å². The molecule has 0 fully saturated rings. The van der Waals surface area contributed by atoms with Gasteiger partial charge in [0.2, 0.25) is 5.78 Å². The van der Waals surface area contributed by atoms with E-state index in [9.17, 15) is 4.79 Å². The quantitative estimate of drug-likeness (QED) is 0.771. The van der Waals surface area contributed by atoms with Gasteiger partial charge in [-0.25, -0.2) is 0 Å². The lowest BCUT2D eigenvalue weighted by molar-refractivity contribution is 0.0814. The zero-order valence-corrected chi connectivity index (χ0v) is 13.3. The molecule has 3 heteroatoms. The van der Waals surface area contributed by atoms with Gasteiger partial charge in [-0.3, -0.25) is 4.79 Å². The number of Topliss-reactive ketones (excluding diaryl/α,β-unsaturated/α-hetero) is 1. The van der Waals surface area contributed by atoms with Gasteiger partial charge in [0.1, 0.15) is 5.75 Å². The molecular weight excluding hydrogens is 280 g/mol. The number of hydrogen-bond acceptors (Lipinski definition) is 3. The smallest absolute Gasteiger partial charge is 0.204 e. The summed E-state index contributed by atoms with van der Waals surface area (Å²) in [6.07, 6.45) is -0.397.